The second-order valence-corrected chi connectivity index (χ2v) is 3.95. The highest BCUT2D eigenvalue weighted by Gasteiger charge is 2.20. The van der Waals surface area contributed by atoms with E-state index in [0.717, 1.165) is 17.7 Å². The smallest absolute Gasteiger partial charge is 0.337 e. The molecule has 4 heteroatoms. The van der Waals surface area contributed by atoms with Crippen LogP contribution < -0.4 is 5.32 Å². The summed E-state index contributed by atoms with van der Waals surface area (Å²) in [6.45, 7) is 2.05. The third-order valence-corrected chi connectivity index (χ3v) is 2.66. The van der Waals surface area contributed by atoms with E-state index in [2.05, 4.69) is 5.32 Å². The fourth-order valence-corrected chi connectivity index (χ4v) is 1.98. The maximum atomic E-state index is 10.8. The van der Waals surface area contributed by atoms with Crippen LogP contribution in [0.4, 0.5) is 5.69 Å². The maximum Gasteiger partial charge on any atom is 0.337 e. The fourth-order valence-electron chi connectivity index (χ4n) is 1.73. The molecule has 0 fully saturated rings. The molecule has 0 saturated heterocycles. The van der Waals surface area contributed by atoms with Crippen molar-refractivity contribution in [1.82, 2.24) is 0 Å². The van der Waals surface area contributed by atoms with Crippen LogP contribution in [0.2, 0.25) is 5.02 Å². The molecule has 0 amide bonds. The fraction of sp³-hybridized carbons (Fsp3) is 0.300. The van der Waals surface area contributed by atoms with Gasteiger partial charge in [-0.05, 0) is 31.0 Å². The second kappa shape index (κ2) is 3.17. The molecule has 1 aliphatic rings. The molecule has 1 atom stereocenters. The number of carboxylic acids is 1. The van der Waals surface area contributed by atoms with E-state index in [1.165, 1.54) is 0 Å². The molecule has 0 bridgehead atoms. The third kappa shape index (κ3) is 1.44. The van der Waals surface area contributed by atoms with Crippen molar-refractivity contribution in [1.29, 1.82) is 0 Å². The first-order valence-corrected chi connectivity index (χ1v) is 4.78. The van der Waals surface area contributed by atoms with Crippen LogP contribution >= 0.6 is 11.6 Å². The van der Waals surface area contributed by atoms with Gasteiger partial charge in [-0.3, -0.25) is 0 Å². The van der Waals surface area contributed by atoms with Gasteiger partial charge in [0.05, 0.1) is 10.6 Å². The van der Waals surface area contributed by atoms with Gasteiger partial charge in [-0.15, -0.1) is 0 Å². The molecular weight excluding hydrogens is 202 g/mol. The van der Waals surface area contributed by atoms with Crippen LogP contribution in [-0.2, 0) is 6.42 Å². The molecule has 0 spiro atoms. The Morgan fingerprint density at radius 1 is 1.64 bits per heavy atom. The Balaban J connectivity index is 2.50. The van der Waals surface area contributed by atoms with Crippen molar-refractivity contribution in [3.8, 4) is 0 Å². The summed E-state index contributed by atoms with van der Waals surface area (Å²) in [5, 5.41) is 12.4. The van der Waals surface area contributed by atoms with Crippen molar-refractivity contribution >= 4 is 23.3 Å². The molecule has 14 heavy (non-hydrogen) atoms. The van der Waals surface area contributed by atoms with Crippen molar-refractivity contribution in [2.24, 2.45) is 0 Å². The third-order valence-electron chi connectivity index (χ3n) is 2.35. The van der Waals surface area contributed by atoms with Gasteiger partial charge in [0.1, 0.15) is 0 Å². The molecule has 1 aromatic rings. The SMILES string of the molecule is CC1Cc2cc(C(=O)O)c(Cl)cc2N1. The van der Waals surface area contributed by atoms with Crippen LogP contribution in [0.5, 0.6) is 0 Å². The summed E-state index contributed by atoms with van der Waals surface area (Å²) in [4.78, 5) is 10.8. The Kier molecular flexibility index (Phi) is 2.11. The predicted molar refractivity (Wildman–Crippen MR) is 55.2 cm³/mol. The first-order chi connectivity index (χ1) is 6.58. The molecule has 2 rings (SSSR count). The van der Waals surface area contributed by atoms with E-state index in [0.29, 0.717) is 6.04 Å². The summed E-state index contributed by atoms with van der Waals surface area (Å²) in [6, 6.07) is 3.69. The lowest BCUT2D eigenvalue weighted by molar-refractivity contribution is 0.0697. The van der Waals surface area contributed by atoms with E-state index in [9.17, 15) is 4.79 Å². The lowest BCUT2D eigenvalue weighted by Crippen LogP contribution is -2.08. The Bertz CT molecular complexity index is 403. The Hall–Kier alpha value is -1.22. The monoisotopic (exact) mass is 211 g/mol. The van der Waals surface area contributed by atoms with Crippen LogP contribution in [0.25, 0.3) is 0 Å². The highest BCUT2D eigenvalue weighted by Crippen LogP contribution is 2.31. The standard InChI is InChI=1S/C10H10ClNO2/c1-5-2-6-3-7(10(13)14)8(11)4-9(6)12-5/h3-5,12H,2H2,1H3,(H,13,14). The minimum atomic E-state index is -0.975. The highest BCUT2D eigenvalue weighted by atomic mass is 35.5. The van der Waals surface area contributed by atoms with Crippen LogP contribution in [0, 0.1) is 0 Å². The molecule has 0 radical (unpaired) electrons. The molecule has 0 aromatic heterocycles. The van der Waals surface area contributed by atoms with Crippen molar-refractivity contribution < 1.29 is 9.90 Å². The number of halogens is 1. The van der Waals surface area contributed by atoms with Crippen LogP contribution in [0.3, 0.4) is 0 Å². The van der Waals surface area contributed by atoms with Gasteiger partial charge >= 0.3 is 5.97 Å². The van der Waals surface area contributed by atoms with Gasteiger partial charge in [-0.25, -0.2) is 4.79 Å². The van der Waals surface area contributed by atoms with E-state index in [4.69, 9.17) is 16.7 Å². The first kappa shape index (κ1) is 9.34. The molecule has 74 valence electrons. The van der Waals surface area contributed by atoms with E-state index in [1.54, 1.807) is 12.1 Å². The molecule has 3 nitrogen and oxygen atoms in total. The lowest BCUT2D eigenvalue weighted by atomic mass is 10.1. The molecule has 1 heterocycles. The zero-order valence-corrected chi connectivity index (χ0v) is 8.43. The quantitative estimate of drug-likeness (QED) is 0.750. The molecular formula is C10H10ClNO2. The van der Waals surface area contributed by atoms with Gasteiger partial charge in [0, 0.05) is 11.7 Å². The summed E-state index contributed by atoms with van der Waals surface area (Å²) < 4.78 is 0. The number of hydrogen-bond donors (Lipinski definition) is 2. The summed E-state index contributed by atoms with van der Waals surface area (Å²) in [5.41, 5.74) is 2.16. The minimum Gasteiger partial charge on any atom is -0.478 e. The number of rotatable bonds is 1. The van der Waals surface area contributed by atoms with Gasteiger partial charge in [0.15, 0.2) is 0 Å². The number of carbonyl (C=O) groups is 1. The zero-order chi connectivity index (χ0) is 10.3. The molecule has 2 N–H and O–H groups in total. The summed E-state index contributed by atoms with van der Waals surface area (Å²) in [6.07, 6.45) is 0.854. The number of hydrogen-bond acceptors (Lipinski definition) is 2. The number of carboxylic acid groups (broad SMARTS) is 1. The second-order valence-electron chi connectivity index (χ2n) is 3.54. The Morgan fingerprint density at radius 2 is 2.36 bits per heavy atom. The van der Waals surface area contributed by atoms with E-state index >= 15 is 0 Å². The highest BCUT2D eigenvalue weighted by molar-refractivity contribution is 6.33. The van der Waals surface area contributed by atoms with Crippen LogP contribution in [-0.4, -0.2) is 17.1 Å². The lowest BCUT2D eigenvalue weighted by Gasteiger charge is -2.04. The Morgan fingerprint density at radius 3 is 3.00 bits per heavy atom. The summed E-state index contributed by atoms with van der Waals surface area (Å²) in [5.74, 6) is -0.975. The van der Waals surface area contributed by atoms with E-state index in [-0.39, 0.29) is 10.6 Å². The van der Waals surface area contributed by atoms with Gasteiger partial charge in [-0.2, -0.15) is 0 Å². The maximum absolute atomic E-state index is 10.8. The molecule has 1 aromatic carbocycles. The summed E-state index contributed by atoms with van der Waals surface area (Å²) in [7, 11) is 0. The van der Waals surface area contributed by atoms with Crippen molar-refractivity contribution in [2.45, 2.75) is 19.4 Å². The van der Waals surface area contributed by atoms with E-state index in [1.807, 2.05) is 6.92 Å². The van der Waals surface area contributed by atoms with E-state index < -0.39 is 5.97 Å². The number of aromatic carboxylic acids is 1. The Labute approximate surface area is 86.7 Å². The molecule has 0 aliphatic carbocycles. The van der Waals surface area contributed by atoms with Crippen molar-refractivity contribution in [2.75, 3.05) is 5.32 Å². The predicted octanol–water partition coefficient (Wildman–Crippen LogP) is 2.39. The normalized spacial score (nSPS) is 18.9. The van der Waals surface area contributed by atoms with Crippen LogP contribution in [0.1, 0.15) is 22.8 Å². The van der Waals surface area contributed by atoms with Crippen LogP contribution in [0.15, 0.2) is 12.1 Å². The number of benzene rings is 1. The average Bonchev–Trinajstić information content (AvgIpc) is 2.42. The van der Waals surface area contributed by atoms with Gasteiger partial charge in [0.25, 0.3) is 0 Å². The largest absolute Gasteiger partial charge is 0.478 e. The number of fused-ring (bicyclic) bond motifs is 1. The summed E-state index contributed by atoms with van der Waals surface area (Å²) >= 11 is 5.83. The first-order valence-electron chi connectivity index (χ1n) is 4.40. The topological polar surface area (TPSA) is 49.3 Å². The van der Waals surface area contributed by atoms with Crippen molar-refractivity contribution in [3.63, 3.8) is 0 Å². The van der Waals surface area contributed by atoms with Gasteiger partial charge in [-0.1, -0.05) is 11.6 Å². The van der Waals surface area contributed by atoms with Crippen molar-refractivity contribution in [3.05, 3.63) is 28.3 Å². The van der Waals surface area contributed by atoms with Gasteiger partial charge in [0.2, 0.25) is 0 Å². The molecule has 1 aliphatic heterocycles. The molecule has 1 unspecified atom stereocenters. The van der Waals surface area contributed by atoms with Gasteiger partial charge < -0.3 is 10.4 Å². The zero-order valence-electron chi connectivity index (χ0n) is 7.67. The molecule has 0 saturated carbocycles. The number of nitrogens with one attached hydrogen (secondary N) is 1. The minimum absolute atomic E-state index is 0.182. The average molecular weight is 212 g/mol. The number of anilines is 1.